The lowest BCUT2D eigenvalue weighted by molar-refractivity contribution is -0.176. The van der Waals surface area contributed by atoms with Crippen molar-refractivity contribution in [3.63, 3.8) is 0 Å². The second-order valence-corrected chi connectivity index (χ2v) is 8.90. The first-order chi connectivity index (χ1) is 13.8. The average Bonchev–Trinajstić information content (AvgIpc) is 2.71. The summed E-state index contributed by atoms with van der Waals surface area (Å²) in [5.74, 6) is 1.85. The van der Waals surface area contributed by atoms with Crippen molar-refractivity contribution in [3.8, 4) is 0 Å². The summed E-state index contributed by atoms with van der Waals surface area (Å²) in [7, 11) is 1.80. The zero-order chi connectivity index (χ0) is 21.1. The Labute approximate surface area is 175 Å². The molecule has 3 atom stereocenters. The normalized spacial score (nSPS) is 29.3. The van der Waals surface area contributed by atoms with E-state index >= 15 is 0 Å². The number of anilines is 1. The molecule has 1 aliphatic heterocycles. The molecule has 2 N–H and O–H groups in total. The molecular formula is C22H37N5O2. The number of nitrogens with zero attached hydrogens (tertiary/aromatic N) is 3. The van der Waals surface area contributed by atoms with E-state index in [1.54, 1.807) is 7.11 Å². The third-order valence-electron chi connectivity index (χ3n) is 6.73. The van der Waals surface area contributed by atoms with E-state index in [4.69, 9.17) is 14.5 Å². The third-order valence-corrected chi connectivity index (χ3v) is 6.73. The van der Waals surface area contributed by atoms with Crippen LogP contribution in [0.5, 0.6) is 0 Å². The van der Waals surface area contributed by atoms with E-state index in [0.29, 0.717) is 12.6 Å². The maximum Gasteiger partial charge on any atom is 0.191 e. The maximum absolute atomic E-state index is 5.75. The molecule has 1 aromatic rings. The fourth-order valence-electron chi connectivity index (χ4n) is 4.14. The molecule has 3 rings (SSSR count). The fraction of sp³-hybridized carbons (Fsp3) is 0.727. The summed E-state index contributed by atoms with van der Waals surface area (Å²) >= 11 is 0. The summed E-state index contributed by atoms with van der Waals surface area (Å²) in [5.41, 5.74) is 1.09. The Morgan fingerprint density at radius 1 is 1.41 bits per heavy atom. The molecule has 7 nitrogen and oxygen atoms in total. The van der Waals surface area contributed by atoms with Gasteiger partial charge in [-0.15, -0.1) is 0 Å². The molecule has 2 aliphatic rings. The van der Waals surface area contributed by atoms with Crippen LogP contribution in [-0.2, 0) is 16.0 Å². The van der Waals surface area contributed by atoms with E-state index in [-0.39, 0.29) is 17.1 Å². The Bertz CT molecular complexity index is 723. The lowest BCUT2D eigenvalue weighted by Gasteiger charge is -2.59. The molecule has 0 aromatic carbocycles. The first-order valence-corrected chi connectivity index (χ1v) is 10.7. The smallest absolute Gasteiger partial charge is 0.191 e. The minimum Gasteiger partial charge on any atom is -0.378 e. The predicted octanol–water partition coefficient (Wildman–Crippen LogP) is 2.57. The van der Waals surface area contributed by atoms with Crippen molar-refractivity contribution in [1.82, 2.24) is 15.6 Å². The Hall–Kier alpha value is -1.86. The summed E-state index contributed by atoms with van der Waals surface area (Å²) < 4.78 is 11.4. The third kappa shape index (κ3) is 4.67. The van der Waals surface area contributed by atoms with Gasteiger partial charge in [0.1, 0.15) is 5.82 Å². The summed E-state index contributed by atoms with van der Waals surface area (Å²) in [6.07, 6.45) is 3.08. The number of methoxy groups -OCH3 is 1. The van der Waals surface area contributed by atoms with Gasteiger partial charge in [-0.1, -0.05) is 13.8 Å². The Balaban J connectivity index is 1.65. The fourth-order valence-corrected chi connectivity index (χ4v) is 4.14. The molecule has 0 spiro atoms. The first kappa shape index (κ1) is 21.8. The quantitative estimate of drug-likeness (QED) is 0.562. The monoisotopic (exact) mass is 403 g/mol. The molecule has 3 unspecified atom stereocenters. The van der Waals surface area contributed by atoms with Crippen LogP contribution >= 0.6 is 0 Å². The van der Waals surface area contributed by atoms with Crippen LogP contribution in [0.2, 0.25) is 0 Å². The zero-order valence-electron chi connectivity index (χ0n) is 18.8. The molecule has 1 aromatic heterocycles. The summed E-state index contributed by atoms with van der Waals surface area (Å²) in [6.45, 7) is 14.8. The van der Waals surface area contributed by atoms with Crippen LogP contribution in [0.15, 0.2) is 23.3 Å². The molecule has 7 heteroatoms. The molecule has 1 saturated carbocycles. The number of hydrogen-bond acceptors (Lipinski definition) is 5. The standard InChI is InChI=1S/C22H37N5O2/c1-7-23-20(26-18-13-22(5,28-6)21(18,3)4)25-14-17-8-9-24-19(12-17)27-10-11-29-16(2)15-27/h8-9,12,16,18H,7,10-11,13-15H2,1-6H3,(H2,23,25,26). The largest absolute Gasteiger partial charge is 0.378 e. The highest BCUT2D eigenvalue weighted by Gasteiger charge is 2.58. The van der Waals surface area contributed by atoms with Gasteiger partial charge in [0.05, 0.1) is 24.9 Å². The topological polar surface area (TPSA) is 71.0 Å². The Kier molecular flexibility index (Phi) is 6.69. The molecule has 0 amide bonds. The number of ether oxygens (including phenoxy) is 2. The van der Waals surface area contributed by atoms with E-state index in [9.17, 15) is 0 Å². The molecule has 1 aliphatic carbocycles. The average molecular weight is 404 g/mol. The van der Waals surface area contributed by atoms with Gasteiger partial charge in [0, 0.05) is 44.4 Å². The van der Waals surface area contributed by atoms with Crippen molar-refractivity contribution < 1.29 is 9.47 Å². The number of morpholine rings is 1. The predicted molar refractivity (Wildman–Crippen MR) is 117 cm³/mol. The minimum absolute atomic E-state index is 0.0365. The molecule has 2 heterocycles. The van der Waals surface area contributed by atoms with Gasteiger partial charge < -0.3 is 25.0 Å². The van der Waals surface area contributed by atoms with Gasteiger partial charge in [0.2, 0.25) is 0 Å². The summed E-state index contributed by atoms with van der Waals surface area (Å²) in [6, 6.07) is 4.50. The summed E-state index contributed by atoms with van der Waals surface area (Å²) in [4.78, 5) is 11.7. The van der Waals surface area contributed by atoms with Gasteiger partial charge in [-0.05, 0) is 44.9 Å². The molecule has 1 saturated heterocycles. The molecule has 0 radical (unpaired) electrons. The van der Waals surface area contributed by atoms with Crippen LogP contribution < -0.4 is 15.5 Å². The maximum atomic E-state index is 5.75. The molecule has 0 bridgehead atoms. The van der Waals surface area contributed by atoms with Crippen molar-refractivity contribution in [3.05, 3.63) is 23.9 Å². The number of hydrogen-bond donors (Lipinski definition) is 2. The SMILES string of the molecule is CCNC(=NCc1ccnc(N2CCOC(C)C2)c1)NC1CC(C)(OC)C1(C)C. The van der Waals surface area contributed by atoms with Gasteiger partial charge in [-0.2, -0.15) is 0 Å². The number of nitrogens with one attached hydrogen (secondary N) is 2. The van der Waals surface area contributed by atoms with Crippen LogP contribution in [0.25, 0.3) is 0 Å². The highest BCUT2D eigenvalue weighted by molar-refractivity contribution is 5.80. The van der Waals surface area contributed by atoms with Crippen molar-refractivity contribution >= 4 is 11.8 Å². The van der Waals surface area contributed by atoms with Crippen LogP contribution in [0.1, 0.15) is 46.6 Å². The lowest BCUT2D eigenvalue weighted by atomic mass is 9.56. The Morgan fingerprint density at radius 3 is 2.86 bits per heavy atom. The van der Waals surface area contributed by atoms with Crippen LogP contribution in [-0.4, -0.2) is 62.0 Å². The van der Waals surface area contributed by atoms with E-state index in [1.165, 1.54) is 0 Å². The van der Waals surface area contributed by atoms with Gasteiger partial charge in [0.15, 0.2) is 5.96 Å². The second kappa shape index (κ2) is 8.88. The van der Waals surface area contributed by atoms with Crippen molar-refractivity contribution in [2.24, 2.45) is 10.4 Å². The van der Waals surface area contributed by atoms with Gasteiger partial charge in [-0.3, -0.25) is 0 Å². The number of rotatable bonds is 6. The van der Waals surface area contributed by atoms with Crippen molar-refractivity contribution in [1.29, 1.82) is 0 Å². The van der Waals surface area contributed by atoms with Crippen molar-refractivity contribution in [2.75, 3.05) is 38.3 Å². The first-order valence-electron chi connectivity index (χ1n) is 10.7. The molecule has 162 valence electrons. The van der Waals surface area contributed by atoms with Crippen LogP contribution in [0.3, 0.4) is 0 Å². The van der Waals surface area contributed by atoms with E-state index in [2.05, 4.69) is 61.2 Å². The van der Waals surface area contributed by atoms with Crippen LogP contribution in [0.4, 0.5) is 5.82 Å². The number of pyridine rings is 1. The molecule has 29 heavy (non-hydrogen) atoms. The lowest BCUT2D eigenvalue weighted by Crippen LogP contribution is -2.69. The van der Waals surface area contributed by atoms with Crippen molar-refractivity contribution in [2.45, 2.75) is 65.3 Å². The zero-order valence-corrected chi connectivity index (χ0v) is 18.8. The Morgan fingerprint density at radius 2 is 2.21 bits per heavy atom. The second-order valence-electron chi connectivity index (χ2n) is 8.90. The van der Waals surface area contributed by atoms with E-state index < -0.39 is 0 Å². The van der Waals surface area contributed by atoms with Gasteiger partial charge in [-0.25, -0.2) is 9.98 Å². The van der Waals surface area contributed by atoms with E-state index in [1.807, 2.05) is 12.3 Å². The van der Waals surface area contributed by atoms with Gasteiger partial charge in [0.25, 0.3) is 0 Å². The van der Waals surface area contributed by atoms with E-state index in [0.717, 1.165) is 50.0 Å². The highest BCUT2D eigenvalue weighted by atomic mass is 16.5. The molecular weight excluding hydrogens is 366 g/mol. The number of aliphatic imine (C=N–C) groups is 1. The minimum atomic E-state index is -0.0999. The number of guanidine groups is 1. The number of aromatic nitrogens is 1. The van der Waals surface area contributed by atoms with Gasteiger partial charge >= 0.3 is 0 Å². The molecule has 2 fully saturated rings. The van der Waals surface area contributed by atoms with Crippen LogP contribution in [0, 0.1) is 5.41 Å². The summed E-state index contributed by atoms with van der Waals surface area (Å²) in [5, 5.41) is 6.98. The highest BCUT2D eigenvalue weighted by Crippen LogP contribution is 2.51.